The summed E-state index contributed by atoms with van der Waals surface area (Å²) < 4.78 is 12.3. The molecule has 0 radical (unpaired) electrons. The Morgan fingerprint density at radius 2 is 1.79 bits per heavy atom. The average molecular weight is 335 g/mol. The van der Waals surface area contributed by atoms with Gasteiger partial charge in [0.1, 0.15) is 0 Å². The summed E-state index contributed by atoms with van der Waals surface area (Å²) in [6.45, 7) is 0. The smallest absolute Gasteiger partial charge is 0.0633 e. The van der Waals surface area contributed by atoms with E-state index in [9.17, 15) is 4.21 Å². The van der Waals surface area contributed by atoms with Gasteiger partial charge in [-0.3, -0.25) is 4.21 Å². The van der Waals surface area contributed by atoms with Gasteiger partial charge in [0.15, 0.2) is 0 Å². The lowest BCUT2D eigenvalue weighted by atomic mass is 10.2. The Balaban J connectivity index is 2.31. The van der Waals surface area contributed by atoms with Crippen molar-refractivity contribution in [3.63, 3.8) is 0 Å². The molecule has 0 aliphatic heterocycles. The van der Waals surface area contributed by atoms with Crippen LogP contribution in [0.4, 0.5) is 5.69 Å². The quantitative estimate of drug-likeness (QED) is 0.838. The summed E-state index contributed by atoms with van der Waals surface area (Å²) >= 11 is 18.0. The Labute approximate surface area is 128 Å². The van der Waals surface area contributed by atoms with Crippen LogP contribution in [-0.2, 0) is 16.6 Å². The number of anilines is 1. The first-order chi connectivity index (χ1) is 8.99. The second-order valence-corrected chi connectivity index (χ2v) is 6.50. The van der Waals surface area contributed by atoms with E-state index in [1.54, 1.807) is 36.4 Å². The van der Waals surface area contributed by atoms with Crippen LogP contribution < -0.4 is 5.73 Å². The first kappa shape index (κ1) is 14.7. The van der Waals surface area contributed by atoms with E-state index in [1.165, 1.54) is 0 Å². The lowest BCUT2D eigenvalue weighted by Crippen LogP contribution is -1.99. The Kier molecular flexibility index (Phi) is 4.74. The fraction of sp³-hybridized carbons (Fsp3) is 0.0769. The molecular weight excluding hydrogens is 325 g/mol. The van der Waals surface area contributed by atoms with Gasteiger partial charge in [-0.25, -0.2) is 0 Å². The van der Waals surface area contributed by atoms with Crippen molar-refractivity contribution in [2.75, 3.05) is 5.73 Å². The van der Waals surface area contributed by atoms with Crippen LogP contribution >= 0.6 is 34.8 Å². The van der Waals surface area contributed by atoms with Crippen LogP contribution in [0.1, 0.15) is 5.56 Å². The zero-order valence-corrected chi connectivity index (χ0v) is 12.8. The SMILES string of the molecule is Nc1ccc(Cl)c(S(=O)Cc2cccc(Cl)c2Cl)c1. The average Bonchev–Trinajstić information content (AvgIpc) is 2.38. The van der Waals surface area contributed by atoms with E-state index in [-0.39, 0.29) is 5.75 Å². The topological polar surface area (TPSA) is 43.1 Å². The van der Waals surface area contributed by atoms with Crippen LogP contribution in [0.25, 0.3) is 0 Å². The van der Waals surface area contributed by atoms with Crippen molar-refractivity contribution >= 4 is 51.3 Å². The fourth-order valence-corrected chi connectivity index (χ4v) is 3.65. The van der Waals surface area contributed by atoms with Gasteiger partial charge in [-0.1, -0.05) is 46.9 Å². The van der Waals surface area contributed by atoms with Gasteiger partial charge in [0.05, 0.1) is 36.5 Å². The monoisotopic (exact) mass is 333 g/mol. The molecule has 0 aliphatic rings. The van der Waals surface area contributed by atoms with Gasteiger partial charge in [0, 0.05) is 5.69 Å². The highest BCUT2D eigenvalue weighted by molar-refractivity contribution is 7.84. The molecule has 0 aromatic heterocycles. The molecule has 0 bridgehead atoms. The van der Waals surface area contributed by atoms with Gasteiger partial charge in [-0.05, 0) is 29.8 Å². The van der Waals surface area contributed by atoms with Crippen molar-refractivity contribution in [1.82, 2.24) is 0 Å². The van der Waals surface area contributed by atoms with Crippen LogP contribution in [0.5, 0.6) is 0 Å². The van der Waals surface area contributed by atoms with Gasteiger partial charge in [-0.2, -0.15) is 0 Å². The number of rotatable bonds is 3. The van der Waals surface area contributed by atoms with Crippen LogP contribution in [0.15, 0.2) is 41.3 Å². The maximum Gasteiger partial charge on any atom is 0.0633 e. The summed E-state index contributed by atoms with van der Waals surface area (Å²) in [5.74, 6) is 0.239. The summed E-state index contributed by atoms with van der Waals surface area (Å²) in [5, 5.41) is 1.28. The number of benzene rings is 2. The third-order valence-electron chi connectivity index (χ3n) is 2.52. The molecule has 2 rings (SSSR count). The molecule has 1 unspecified atom stereocenters. The minimum Gasteiger partial charge on any atom is -0.399 e. The van der Waals surface area contributed by atoms with E-state index in [4.69, 9.17) is 40.5 Å². The summed E-state index contributed by atoms with van der Waals surface area (Å²) in [5.41, 5.74) is 6.90. The lowest BCUT2D eigenvalue weighted by Gasteiger charge is -2.08. The second-order valence-electron chi connectivity index (χ2n) is 3.89. The van der Waals surface area contributed by atoms with Gasteiger partial charge < -0.3 is 5.73 Å². The van der Waals surface area contributed by atoms with Crippen molar-refractivity contribution in [2.24, 2.45) is 0 Å². The molecule has 2 nitrogen and oxygen atoms in total. The molecule has 0 heterocycles. The van der Waals surface area contributed by atoms with Crippen molar-refractivity contribution in [1.29, 1.82) is 0 Å². The summed E-state index contributed by atoms with van der Waals surface area (Å²) in [6, 6.07) is 10.1. The molecule has 100 valence electrons. The van der Waals surface area contributed by atoms with Gasteiger partial charge >= 0.3 is 0 Å². The third kappa shape index (κ3) is 3.42. The predicted molar refractivity (Wildman–Crippen MR) is 82.4 cm³/mol. The number of hydrogen-bond acceptors (Lipinski definition) is 2. The molecule has 0 saturated heterocycles. The maximum absolute atomic E-state index is 12.3. The van der Waals surface area contributed by atoms with Gasteiger partial charge in [-0.15, -0.1) is 0 Å². The predicted octanol–water partition coefficient (Wildman–Crippen LogP) is 4.54. The minimum absolute atomic E-state index is 0.239. The van der Waals surface area contributed by atoms with E-state index < -0.39 is 10.8 Å². The third-order valence-corrected chi connectivity index (χ3v) is 5.22. The van der Waals surface area contributed by atoms with Crippen LogP contribution in [-0.4, -0.2) is 4.21 Å². The van der Waals surface area contributed by atoms with E-state index >= 15 is 0 Å². The summed E-state index contributed by atoms with van der Waals surface area (Å²) in [4.78, 5) is 0.498. The fourth-order valence-electron chi connectivity index (χ4n) is 1.57. The molecule has 6 heteroatoms. The highest BCUT2D eigenvalue weighted by atomic mass is 35.5. The van der Waals surface area contributed by atoms with Gasteiger partial charge in [0.25, 0.3) is 0 Å². The first-order valence-electron chi connectivity index (χ1n) is 5.35. The Bertz CT molecular complexity index is 646. The maximum atomic E-state index is 12.3. The number of hydrogen-bond donors (Lipinski definition) is 1. The first-order valence-corrected chi connectivity index (χ1v) is 7.80. The van der Waals surface area contributed by atoms with Crippen molar-refractivity contribution in [3.05, 3.63) is 57.0 Å². The van der Waals surface area contributed by atoms with Crippen molar-refractivity contribution in [3.8, 4) is 0 Å². The minimum atomic E-state index is -1.33. The molecule has 0 amide bonds. The Morgan fingerprint density at radius 3 is 2.53 bits per heavy atom. The molecule has 0 fully saturated rings. The normalized spacial score (nSPS) is 12.4. The van der Waals surface area contributed by atoms with E-state index in [2.05, 4.69) is 0 Å². The largest absolute Gasteiger partial charge is 0.399 e. The number of nitrogens with two attached hydrogens (primary N) is 1. The zero-order valence-electron chi connectivity index (χ0n) is 9.70. The number of nitrogen functional groups attached to an aromatic ring is 1. The molecule has 2 N–H and O–H groups in total. The van der Waals surface area contributed by atoms with Crippen molar-refractivity contribution in [2.45, 2.75) is 10.6 Å². The molecule has 0 aliphatic carbocycles. The van der Waals surface area contributed by atoms with Crippen LogP contribution in [0, 0.1) is 0 Å². The molecule has 2 aromatic carbocycles. The van der Waals surface area contributed by atoms with Crippen molar-refractivity contribution < 1.29 is 4.21 Å². The van der Waals surface area contributed by atoms with E-state index in [0.717, 1.165) is 0 Å². The van der Waals surface area contributed by atoms with Crippen LogP contribution in [0.2, 0.25) is 15.1 Å². The summed E-state index contributed by atoms with van der Waals surface area (Å²) in [6.07, 6.45) is 0. The van der Waals surface area contributed by atoms with Crippen LogP contribution in [0.3, 0.4) is 0 Å². The molecule has 2 aromatic rings. The molecule has 1 atom stereocenters. The molecule has 0 spiro atoms. The molecule has 19 heavy (non-hydrogen) atoms. The molecular formula is C13H10Cl3NOS. The lowest BCUT2D eigenvalue weighted by molar-refractivity contribution is 0.682. The molecule has 0 saturated carbocycles. The zero-order chi connectivity index (χ0) is 14.0. The summed E-state index contributed by atoms with van der Waals surface area (Å²) in [7, 11) is -1.33. The highest BCUT2D eigenvalue weighted by Gasteiger charge is 2.13. The Hall–Kier alpha value is -0.740. The highest BCUT2D eigenvalue weighted by Crippen LogP contribution is 2.29. The van der Waals surface area contributed by atoms with E-state index in [1.807, 2.05) is 0 Å². The van der Waals surface area contributed by atoms with Gasteiger partial charge in [0.2, 0.25) is 0 Å². The Morgan fingerprint density at radius 1 is 1.05 bits per heavy atom. The van der Waals surface area contributed by atoms with E-state index in [0.29, 0.717) is 31.2 Å². The standard InChI is InChI=1S/C13H10Cl3NOS/c14-10-5-4-9(17)6-12(10)19(18)7-8-2-1-3-11(15)13(8)16/h1-6H,7,17H2. The number of halogens is 3. The second kappa shape index (κ2) is 6.14.